The smallest absolute Gasteiger partial charge is 0.264 e. The topological polar surface area (TPSA) is 86.8 Å². The number of benzene rings is 4. The average Bonchev–Trinajstić information content (AvgIpc) is 3.05. The highest BCUT2D eigenvalue weighted by Crippen LogP contribution is 2.27. The largest absolute Gasteiger partial charge is 0.354 e. The summed E-state index contributed by atoms with van der Waals surface area (Å²) in [4.78, 5) is 30.0. The molecule has 0 aliphatic heterocycles. The van der Waals surface area contributed by atoms with Crippen molar-refractivity contribution >= 4 is 39.1 Å². The Morgan fingerprint density at radius 1 is 0.761 bits per heavy atom. The van der Waals surface area contributed by atoms with Gasteiger partial charge in [-0.25, -0.2) is 8.42 Å². The van der Waals surface area contributed by atoms with Crippen molar-refractivity contribution in [3.63, 3.8) is 0 Å². The number of rotatable bonds is 14. The van der Waals surface area contributed by atoms with E-state index in [1.807, 2.05) is 56.3 Å². The Morgan fingerprint density at radius 2 is 1.35 bits per heavy atom. The van der Waals surface area contributed by atoms with E-state index in [2.05, 4.69) is 19.2 Å². The van der Waals surface area contributed by atoms with Crippen LogP contribution in [0.1, 0.15) is 50.3 Å². The zero-order valence-corrected chi connectivity index (χ0v) is 28.3. The number of anilines is 1. The number of hydrogen-bond donors (Lipinski definition) is 1. The summed E-state index contributed by atoms with van der Waals surface area (Å²) in [6, 6.07) is 30.9. The summed E-state index contributed by atoms with van der Waals surface area (Å²) in [5.74, 6) is -0.378. The van der Waals surface area contributed by atoms with E-state index in [4.69, 9.17) is 11.6 Å². The summed E-state index contributed by atoms with van der Waals surface area (Å²) in [6.45, 7) is 8.12. The predicted molar refractivity (Wildman–Crippen MR) is 185 cm³/mol. The molecule has 0 fully saturated rings. The number of nitrogens with zero attached hydrogens (tertiary/aromatic N) is 2. The van der Waals surface area contributed by atoms with Gasteiger partial charge in [-0.05, 0) is 64.9 Å². The molecule has 0 aliphatic rings. The molecule has 4 aromatic rings. The van der Waals surface area contributed by atoms with Gasteiger partial charge in [-0.1, -0.05) is 112 Å². The van der Waals surface area contributed by atoms with Crippen molar-refractivity contribution in [3.05, 3.63) is 131 Å². The van der Waals surface area contributed by atoms with Crippen LogP contribution >= 0.6 is 11.6 Å². The molecule has 0 radical (unpaired) electrons. The van der Waals surface area contributed by atoms with Crippen LogP contribution in [0.3, 0.4) is 0 Å². The van der Waals surface area contributed by atoms with Crippen molar-refractivity contribution in [2.45, 2.75) is 57.5 Å². The second-order valence-corrected chi connectivity index (χ2v) is 14.4. The highest BCUT2D eigenvalue weighted by atomic mass is 35.5. The first-order valence-corrected chi connectivity index (χ1v) is 17.3. The average molecular weight is 660 g/mol. The molecule has 242 valence electrons. The standard InChI is InChI=1S/C37H42ClN3O4S/c1-27(2)24-39-37(43)35(23-29-11-7-5-8-12-29)40(25-30-15-19-32(38)20-16-30)36(42)26-41(33-21-17-31(18-22-33)28(3)4)46(44,45)34-13-9-6-10-14-34/h5-22,27-28,35H,23-26H2,1-4H3,(H,39,43). The van der Waals surface area contributed by atoms with E-state index in [0.29, 0.717) is 17.3 Å². The molecule has 0 heterocycles. The SMILES string of the molecule is CC(C)CNC(=O)C(Cc1ccccc1)N(Cc1ccc(Cl)cc1)C(=O)CN(c1ccc(C(C)C)cc1)S(=O)(=O)c1ccccc1. The van der Waals surface area contributed by atoms with Crippen molar-refractivity contribution in [3.8, 4) is 0 Å². The molecule has 0 saturated heterocycles. The van der Waals surface area contributed by atoms with E-state index in [0.717, 1.165) is 21.0 Å². The molecule has 1 unspecified atom stereocenters. The summed E-state index contributed by atoms with van der Waals surface area (Å²) < 4.78 is 29.4. The fraction of sp³-hybridized carbons (Fsp3) is 0.297. The second kappa shape index (κ2) is 15.9. The van der Waals surface area contributed by atoms with E-state index in [1.165, 1.54) is 17.0 Å². The Morgan fingerprint density at radius 3 is 1.91 bits per heavy atom. The van der Waals surface area contributed by atoms with Crippen LogP contribution in [0, 0.1) is 5.92 Å². The number of hydrogen-bond acceptors (Lipinski definition) is 4. The van der Waals surface area contributed by atoms with Gasteiger partial charge in [0.25, 0.3) is 10.0 Å². The minimum Gasteiger partial charge on any atom is -0.354 e. The fourth-order valence-corrected chi connectivity index (χ4v) is 6.60. The normalized spacial score (nSPS) is 12.2. The van der Waals surface area contributed by atoms with Crippen LogP contribution in [0.25, 0.3) is 0 Å². The second-order valence-electron chi connectivity index (χ2n) is 12.1. The molecule has 7 nitrogen and oxygen atoms in total. The molecule has 0 aromatic heterocycles. The van der Waals surface area contributed by atoms with Crippen molar-refractivity contribution in [2.24, 2.45) is 5.92 Å². The van der Waals surface area contributed by atoms with Crippen molar-refractivity contribution < 1.29 is 18.0 Å². The molecule has 0 spiro atoms. The van der Waals surface area contributed by atoms with Gasteiger partial charge in [-0.15, -0.1) is 0 Å². The zero-order chi connectivity index (χ0) is 33.3. The summed E-state index contributed by atoms with van der Waals surface area (Å²) in [5.41, 5.74) is 3.03. The molecule has 9 heteroatoms. The van der Waals surface area contributed by atoms with Gasteiger partial charge in [0, 0.05) is 24.5 Å². The Labute approximate surface area is 278 Å². The maximum atomic E-state index is 14.5. The quantitative estimate of drug-likeness (QED) is 0.157. The van der Waals surface area contributed by atoms with Crippen LogP contribution in [0.4, 0.5) is 5.69 Å². The van der Waals surface area contributed by atoms with Crippen LogP contribution in [-0.4, -0.2) is 44.3 Å². The van der Waals surface area contributed by atoms with Crippen LogP contribution in [0.2, 0.25) is 5.02 Å². The van der Waals surface area contributed by atoms with Crippen molar-refractivity contribution in [1.29, 1.82) is 0 Å². The number of sulfonamides is 1. The maximum Gasteiger partial charge on any atom is 0.264 e. The molecular formula is C37H42ClN3O4S. The van der Waals surface area contributed by atoms with Crippen molar-refractivity contribution in [2.75, 3.05) is 17.4 Å². The Bertz CT molecular complexity index is 1680. The van der Waals surface area contributed by atoms with Gasteiger partial charge in [0.2, 0.25) is 11.8 Å². The lowest BCUT2D eigenvalue weighted by molar-refractivity contribution is -0.140. The first-order valence-electron chi connectivity index (χ1n) is 15.5. The van der Waals surface area contributed by atoms with Gasteiger partial charge in [0.05, 0.1) is 10.6 Å². The molecule has 0 aliphatic carbocycles. The summed E-state index contributed by atoms with van der Waals surface area (Å²) in [7, 11) is -4.15. The minimum atomic E-state index is -4.15. The number of amides is 2. The van der Waals surface area contributed by atoms with Crippen LogP contribution in [0.5, 0.6) is 0 Å². The van der Waals surface area contributed by atoms with Crippen LogP contribution in [0.15, 0.2) is 114 Å². The third kappa shape index (κ3) is 9.21. The molecule has 1 atom stereocenters. The van der Waals surface area contributed by atoms with Crippen LogP contribution in [-0.2, 0) is 32.6 Å². The van der Waals surface area contributed by atoms with Gasteiger partial charge < -0.3 is 10.2 Å². The third-order valence-corrected chi connectivity index (χ3v) is 9.72. The summed E-state index contributed by atoms with van der Waals surface area (Å²) >= 11 is 6.16. The molecule has 0 bridgehead atoms. The Balaban J connectivity index is 1.79. The maximum absolute atomic E-state index is 14.5. The molecule has 4 aromatic carbocycles. The van der Waals surface area contributed by atoms with E-state index < -0.39 is 28.5 Å². The van der Waals surface area contributed by atoms with E-state index in [9.17, 15) is 18.0 Å². The van der Waals surface area contributed by atoms with Crippen LogP contribution < -0.4 is 9.62 Å². The third-order valence-electron chi connectivity index (χ3n) is 7.68. The zero-order valence-electron chi connectivity index (χ0n) is 26.8. The molecule has 2 amide bonds. The molecule has 46 heavy (non-hydrogen) atoms. The Hall–Kier alpha value is -4.14. The molecular weight excluding hydrogens is 618 g/mol. The lowest BCUT2D eigenvalue weighted by Crippen LogP contribution is -2.53. The predicted octanol–water partition coefficient (Wildman–Crippen LogP) is 7.07. The molecule has 1 N–H and O–H groups in total. The van der Waals surface area contributed by atoms with Gasteiger partial charge in [0.1, 0.15) is 12.6 Å². The lowest BCUT2D eigenvalue weighted by Gasteiger charge is -2.34. The highest BCUT2D eigenvalue weighted by molar-refractivity contribution is 7.92. The highest BCUT2D eigenvalue weighted by Gasteiger charge is 2.34. The van der Waals surface area contributed by atoms with E-state index in [1.54, 1.807) is 54.6 Å². The van der Waals surface area contributed by atoms with Crippen molar-refractivity contribution in [1.82, 2.24) is 10.2 Å². The number of carbonyl (C=O) groups excluding carboxylic acids is 2. The van der Waals surface area contributed by atoms with Gasteiger partial charge in [0.15, 0.2) is 0 Å². The minimum absolute atomic E-state index is 0.0653. The van der Waals surface area contributed by atoms with Gasteiger partial charge >= 0.3 is 0 Å². The number of carbonyl (C=O) groups is 2. The van der Waals surface area contributed by atoms with E-state index in [-0.39, 0.29) is 35.6 Å². The fourth-order valence-electron chi connectivity index (χ4n) is 5.04. The van der Waals surface area contributed by atoms with Gasteiger partial charge in [-0.3, -0.25) is 13.9 Å². The summed E-state index contributed by atoms with van der Waals surface area (Å²) in [5, 5.41) is 3.55. The molecule has 4 rings (SSSR count). The van der Waals surface area contributed by atoms with Gasteiger partial charge in [-0.2, -0.15) is 0 Å². The first kappa shape index (κ1) is 34.7. The Kier molecular flexibility index (Phi) is 12.0. The van der Waals surface area contributed by atoms with E-state index >= 15 is 0 Å². The number of nitrogens with one attached hydrogen (secondary N) is 1. The lowest BCUT2D eigenvalue weighted by atomic mass is 10.0. The molecule has 0 saturated carbocycles. The summed E-state index contributed by atoms with van der Waals surface area (Å²) in [6.07, 6.45) is 0.249. The first-order chi connectivity index (χ1) is 22.0. The monoisotopic (exact) mass is 659 g/mol. The number of halogens is 1.